The highest BCUT2D eigenvalue weighted by molar-refractivity contribution is 7.91. The van der Waals surface area contributed by atoms with Crippen LogP contribution in [0.2, 0.25) is 0 Å². The van der Waals surface area contributed by atoms with Crippen molar-refractivity contribution in [1.29, 1.82) is 0 Å². The summed E-state index contributed by atoms with van der Waals surface area (Å²) in [4.78, 5) is 23.9. The average Bonchev–Trinajstić information content (AvgIpc) is 2.69. The lowest BCUT2D eigenvalue weighted by Crippen LogP contribution is -2.43. The summed E-state index contributed by atoms with van der Waals surface area (Å²) in [5, 5.41) is 3.79. The number of methoxy groups -OCH3 is 1. The minimum Gasteiger partial charge on any atom is -0.383 e. The highest BCUT2D eigenvalue weighted by Crippen LogP contribution is 2.28. The predicted octanol–water partition coefficient (Wildman–Crippen LogP) is 1.08. The van der Waals surface area contributed by atoms with Crippen molar-refractivity contribution in [3.63, 3.8) is 0 Å². The molecule has 2 aromatic rings. The van der Waals surface area contributed by atoms with Gasteiger partial charge in [0.05, 0.1) is 11.5 Å². The molecule has 2 N–H and O–H groups in total. The molecule has 0 aromatic heterocycles. The van der Waals surface area contributed by atoms with Gasteiger partial charge in [0.25, 0.3) is 0 Å². The smallest absolute Gasteiger partial charge is 0.309 e. The largest absolute Gasteiger partial charge is 0.383 e. The molecule has 0 saturated carbocycles. The number of carbonyl (C=O) groups excluding carboxylic acids is 2. The maximum absolute atomic E-state index is 13.1. The summed E-state index contributed by atoms with van der Waals surface area (Å²) in [7, 11) is -2.29. The molecule has 0 saturated heterocycles. The highest BCUT2D eigenvalue weighted by Gasteiger charge is 2.30. The first-order valence-corrected chi connectivity index (χ1v) is 9.90. The van der Waals surface area contributed by atoms with Crippen LogP contribution < -0.4 is 10.6 Å². The molecule has 0 aliphatic heterocycles. The van der Waals surface area contributed by atoms with Crippen LogP contribution in [0.25, 0.3) is 0 Å². The van der Waals surface area contributed by atoms with Crippen LogP contribution >= 0.6 is 0 Å². The van der Waals surface area contributed by atoms with Crippen LogP contribution in [0.4, 0.5) is 0 Å². The Morgan fingerprint density at radius 1 is 0.926 bits per heavy atom. The summed E-state index contributed by atoms with van der Waals surface area (Å²) < 4.78 is 30.9. The van der Waals surface area contributed by atoms with Gasteiger partial charge in [-0.3, -0.25) is 9.59 Å². The molecule has 27 heavy (non-hydrogen) atoms. The first-order chi connectivity index (χ1) is 13.0. The standard InChI is InChI=1S/C19H22N2O5S/c1-26-13-12-20-18(22)19(23)21-14-17(15-8-4-2-5-9-15)27(24,25)16-10-6-3-7-11-16/h2-11,17H,12-14H2,1H3,(H,20,22)(H,21,23)/t17-/m1/s1. The minimum absolute atomic E-state index is 0.151. The Hall–Kier alpha value is -2.71. The monoisotopic (exact) mass is 390 g/mol. The lowest BCUT2D eigenvalue weighted by molar-refractivity contribution is -0.139. The molecule has 0 spiro atoms. The van der Waals surface area contributed by atoms with Gasteiger partial charge in [-0.25, -0.2) is 8.42 Å². The Kier molecular flexibility index (Phi) is 7.51. The maximum Gasteiger partial charge on any atom is 0.309 e. The summed E-state index contributed by atoms with van der Waals surface area (Å²) in [5.74, 6) is -1.73. The van der Waals surface area contributed by atoms with Gasteiger partial charge in [0.15, 0.2) is 9.84 Å². The van der Waals surface area contributed by atoms with E-state index in [0.29, 0.717) is 5.56 Å². The van der Waals surface area contributed by atoms with E-state index in [1.54, 1.807) is 48.5 Å². The first kappa shape index (κ1) is 20.6. The molecule has 8 heteroatoms. The van der Waals surface area contributed by atoms with Crippen molar-refractivity contribution in [2.45, 2.75) is 10.1 Å². The van der Waals surface area contributed by atoms with Gasteiger partial charge < -0.3 is 15.4 Å². The van der Waals surface area contributed by atoms with Gasteiger partial charge in [-0.1, -0.05) is 48.5 Å². The number of sulfone groups is 1. The number of benzene rings is 2. The van der Waals surface area contributed by atoms with Crippen molar-refractivity contribution < 1.29 is 22.7 Å². The number of amides is 2. The molecule has 7 nitrogen and oxygen atoms in total. The third-order valence-electron chi connectivity index (χ3n) is 3.86. The zero-order chi connectivity index (χ0) is 19.7. The van der Waals surface area contributed by atoms with E-state index in [-0.39, 0.29) is 24.6 Å². The SMILES string of the molecule is COCCNC(=O)C(=O)NC[C@H](c1ccccc1)S(=O)(=O)c1ccccc1. The predicted molar refractivity (Wildman–Crippen MR) is 101 cm³/mol. The third kappa shape index (κ3) is 5.63. The molecule has 2 aromatic carbocycles. The Balaban J connectivity index is 2.18. The van der Waals surface area contributed by atoms with Crippen LogP contribution in [0.3, 0.4) is 0 Å². The lowest BCUT2D eigenvalue weighted by atomic mass is 10.1. The van der Waals surface area contributed by atoms with E-state index in [1.165, 1.54) is 19.2 Å². The van der Waals surface area contributed by atoms with Crippen LogP contribution in [-0.2, 0) is 24.2 Å². The molecule has 144 valence electrons. The van der Waals surface area contributed by atoms with Crippen molar-refractivity contribution in [2.75, 3.05) is 26.8 Å². The number of hydrogen-bond donors (Lipinski definition) is 2. The van der Waals surface area contributed by atoms with E-state index in [4.69, 9.17) is 4.74 Å². The van der Waals surface area contributed by atoms with E-state index < -0.39 is 26.9 Å². The number of rotatable bonds is 8. The maximum atomic E-state index is 13.1. The highest BCUT2D eigenvalue weighted by atomic mass is 32.2. The molecular weight excluding hydrogens is 368 g/mol. The van der Waals surface area contributed by atoms with Gasteiger partial charge in [0.1, 0.15) is 5.25 Å². The first-order valence-electron chi connectivity index (χ1n) is 8.35. The Morgan fingerprint density at radius 2 is 1.48 bits per heavy atom. The molecule has 0 bridgehead atoms. The molecule has 0 aliphatic carbocycles. The molecule has 0 radical (unpaired) electrons. The quantitative estimate of drug-likeness (QED) is 0.519. The van der Waals surface area contributed by atoms with Crippen molar-refractivity contribution in [3.8, 4) is 0 Å². The summed E-state index contributed by atoms with van der Waals surface area (Å²) in [5.41, 5.74) is 0.529. The van der Waals surface area contributed by atoms with Crippen LogP contribution in [0, 0.1) is 0 Å². The average molecular weight is 390 g/mol. The van der Waals surface area contributed by atoms with Gasteiger partial charge in [-0.05, 0) is 17.7 Å². The molecule has 0 heterocycles. The van der Waals surface area contributed by atoms with Gasteiger partial charge >= 0.3 is 11.8 Å². The fraction of sp³-hybridized carbons (Fsp3) is 0.263. The van der Waals surface area contributed by atoms with Gasteiger partial charge in [0.2, 0.25) is 0 Å². The van der Waals surface area contributed by atoms with Crippen LogP contribution in [0.15, 0.2) is 65.6 Å². The number of nitrogens with one attached hydrogen (secondary N) is 2. The fourth-order valence-corrected chi connectivity index (χ4v) is 4.14. The summed E-state index contributed by atoms with van der Waals surface area (Å²) in [6.07, 6.45) is 0. The molecule has 1 atom stereocenters. The zero-order valence-corrected chi connectivity index (χ0v) is 15.7. The van der Waals surface area contributed by atoms with E-state index in [2.05, 4.69) is 10.6 Å². The lowest BCUT2D eigenvalue weighted by Gasteiger charge is -2.19. The summed E-state index contributed by atoms with van der Waals surface area (Å²) in [6.45, 7) is 0.235. The van der Waals surface area contributed by atoms with Gasteiger partial charge in [-0.15, -0.1) is 0 Å². The number of carbonyl (C=O) groups is 2. The van der Waals surface area contributed by atoms with Crippen molar-refractivity contribution >= 4 is 21.7 Å². The van der Waals surface area contributed by atoms with E-state index in [0.717, 1.165) is 0 Å². The molecule has 0 aliphatic rings. The number of ether oxygens (including phenoxy) is 1. The summed E-state index contributed by atoms with van der Waals surface area (Å²) >= 11 is 0. The van der Waals surface area contributed by atoms with Crippen LogP contribution in [0.1, 0.15) is 10.8 Å². The van der Waals surface area contributed by atoms with E-state index >= 15 is 0 Å². The fourth-order valence-electron chi connectivity index (χ4n) is 2.46. The second kappa shape index (κ2) is 9.84. The summed E-state index contributed by atoms with van der Waals surface area (Å²) in [6, 6.07) is 16.6. The second-order valence-electron chi connectivity index (χ2n) is 5.72. The minimum atomic E-state index is -3.76. The Labute approximate surface area is 158 Å². The molecule has 0 fully saturated rings. The van der Waals surface area contributed by atoms with Crippen molar-refractivity contribution in [3.05, 3.63) is 66.2 Å². The molecule has 0 unspecified atom stereocenters. The normalized spacial score (nSPS) is 12.2. The molecule has 2 rings (SSSR count). The topological polar surface area (TPSA) is 102 Å². The number of hydrogen-bond acceptors (Lipinski definition) is 5. The van der Waals surface area contributed by atoms with Crippen LogP contribution in [0.5, 0.6) is 0 Å². The molecular formula is C19H22N2O5S. The van der Waals surface area contributed by atoms with Gasteiger partial charge in [0, 0.05) is 20.2 Å². The van der Waals surface area contributed by atoms with E-state index in [1.807, 2.05) is 0 Å². The zero-order valence-electron chi connectivity index (χ0n) is 14.9. The second-order valence-corrected chi connectivity index (χ2v) is 7.85. The van der Waals surface area contributed by atoms with Crippen molar-refractivity contribution in [1.82, 2.24) is 10.6 Å². The van der Waals surface area contributed by atoms with Crippen LogP contribution in [-0.4, -0.2) is 47.0 Å². The van der Waals surface area contributed by atoms with E-state index in [9.17, 15) is 18.0 Å². The Bertz CT molecular complexity index is 854. The Morgan fingerprint density at radius 3 is 2.07 bits per heavy atom. The van der Waals surface area contributed by atoms with Gasteiger partial charge in [-0.2, -0.15) is 0 Å². The van der Waals surface area contributed by atoms with Crippen molar-refractivity contribution in [2.24, 2.45) is 0 Å². The third-order valence-corrected chi connectivity index (χ3v) is 5.98. The molecule has 2 amide bonds.